The minimum absolute atomic E-state index is 0.398. The molecular formula is C14H22N2O. The van der Waals surface area contributed by atoms with Crippen molar-refractivity contribution in [3.05, 3.63) is 12.7 Å². The van der Waals surface area contributed by atoms with Gasteiger partial charge < -0.3 is 10.2 Å². The molecular weight excluding hydrogens is 212 g/mol. The second-order valence-corrected chi connectivity index (χ2v) is 5.80. The maximum Gasteiger partial charge on any atom is 0.222 e. The minimum Gasteiger partial charge on any atom is -0.339 e. The molecule has 0 saturated carbocycles. The first kappa shape index (κ1) is 11.3. The summed E-state index contributed by atoms with van der Waals surface area (Å²) in [7, 11) is 0. The van der Waals surface area contributed by atoms with Crippen LogP contribution >= 0.6 is 0 Å². The highest BCUT2D eigenvalue weighted by Gasteiger charge is 2.44. The molecule has 0 aliphatic carbocycles. The molecule has 3 heterocycles. The second kappa shape index (κ2) is 4.45. The van der Waals surface area contributed by atoms with Gasteiger partial charge in [0, 0.05) is 31.6 Å². The number of rotatable bonds is 2. The molecule has 3 nitrogen and oxygen atoms in total. The molecule has 0 aromatic heterocycles. The van der Waals surface area contributed by atoms with E-state index in [1.165, 1.54) is 12.8 Å². The van der Waals surface area contributed by atoms with Gasteiger partial charge in [0.2, 0.25) is 5.91 Å². The molecule has 3 saturated heterocycles. The van der Waals surface area contributed by atoms with Crippen LogP contribution < -0.4 is 5.32 Å². The van der Waals surface area contributed by atoms with Gasteiger partial charge in [-0.25, -0.2) is 0 Å². The molecule has 3 aliphatic rings. The topological polar surface area (TPSA) is 32.3 Å². The van der Waals surface area contributed by atoms with Crippen molar-refractivity contribution >= 4 is 5.91 Å². The summed E-state index contributed by atoms with van der Waals surface area (Å²) in [6.07, 6.45) is 7.43. The van der Waals surface area contributed by atoms with Crippen molar-refractivity contribution in [2.75, 3.05) is 13.1 Å². The van der Waals surface area contributed by atoms with E-state index in [2.05, 4.69) is 16.8 Å². The molecule has 3 heteroatoms. The molecule has 1 amide bonds. The third-order valence-electron chi connectivity index (χ3n) is 4.82. The van der Waals surface area contributed by atoms with Crippen LogP contribution in [-0.2, 0) is 4.79 Å². The van der Waals surface area contributed by atoms with E-state index in [-0.39, 0.29) is 0 Å². The van der Waals surface area contributed by atoms with Crippen molar-refractivity contribution in [3.8, 4) is 0 Å². The number of hydrogen-bond donors (Lipinski definition) is 1. The Hall–Kier alpha value is -0.830. The Labute approximate surface area is 103 Å². The van der Waals surface area contributed by atoms with E-state index in [0.29, 0.717) is 29.8 Å². The largest absolute Gasteiger partial charge is 0.339 e. The fourth-order valence-corrected chi connectivity index (χ4v) is 3.98. The molecule has 3 fully saturated rings. The van der Waals surface area contributed by atoms with E-state index in [1.54, 1.807) is 0 Å². The molecule has 3 rings (SSSR count). The minimum atomic E-state index is 0.398. The number of fused-ring (bicyclic) bond motifs is 4. The predicted molar refractivity (Wildman–Crippen MR) is 67.6 cm³/mol. The van der Waals surface area contributed by atoms with Crippen LogP contribution in [0.15, 0.2) is 12.7 Å². The van der Waals surface area contributed by atoms with Gasteiger partial charge in [0.1, 0.15) is 0 Å². The maximum absolute atomic E-state index is 12.0. The van der Waals surface area contributed by atoms with Gasteiger partial charge >= 0.3 is 0 Å². The maximum atomic E-state index is 12.0. The first-order valence-corrected chi connectivity index (χ1v) is 6.93. The third-order valence-corrected chi connectivity index (χ3v) is 4.82. The van der Waals surface area contributed by atoms with Crippen molar-refractivity contribution in [1.82, 2.24) is 10.2 Å². The summed E-state index contributed by atoms with van der Waals surface area (Å²) in [6, 6.07) is 1.07. The van der Waals surface area contributed by atoms with Crippen LogP contribution in [-0.4, -0.2) is 36.0 Å². The van der Waals surface area contributed by atoms with Gasteiger partial charge in [-0.2, -0.15) is 0 Å². The van der Waals surface area contributed by atoms with Crippen molar-refractivity contribution in [3.63, 3.8) is 0 Å². The molecule has 3 aliphatic heterocycles. The molecule has 94 valence electrons. The fourth-order valence-electron chi connectivity index (χ4n) is 3.98. The summed E-state index contributed by atoms with van der Waals surface area (Å²) in [6.45, 7) is 5.90. The number of carbonyl (C=O) groups excluding carboxylic acids is 1. The lowest BCUT2D eigenvalue weighted by Gasteiger charge is -2.52. The molecule has 0 aromatic rings. The summed E-state index contributed by atoms with van der Waals surface area (Å²) >= 11 is 0. The molecule has 0 spiro atoms. The van der Waals surface area contributed by atoms with Crippen LogP contribution in [0, 0.1) is 11.8 Å². The predicted octanol–water partition coefficient (Wildman–Crippen LogP) is 1.55. The van der Waals surface area contributed by atoms with Crippen LogP contribution in [0.4, 0.5) is 0 Å². The highest BCUT2D eigenvalue weighted by molar-refractivity contribution is 5.77. The quantitative estimate of drug-likeness (QED) is 0.735. The number of nitrogens with one attached hydrogen (secondary N) is 1. The molecule has 2 bridgehead atoms. The van der Waals surface area contributed by atoms with Crippen molar-refractivity contribution in [2.45, 2.75) is 44.2 Å². The Bertz CT molecular complexity index is 328. The monoisotopic (exact) mass is 234 g/mol. The van der Waals surface area contributed by atoms with Gasteiger partial charge in [0.15, 0.2) is 0 Å². The first-order valence-electron chi connectivity index (χ1n) is 6.93. The first-order chi connectivity index (χ1) is 8.29. The van der Waals surface area contributed by atoms with Gasteiger partial charge in [-0.1, -0.05) is 6.08 Å². The van der Waals surface area contributed by atoms with E-state index in [9.17, 15) is 4.79 Å². The summed E-state index contributed by atoms with van der Waals surface area (Å²) in [4.78, 5) is 14.2. The number of amides is 1. The lowest BCUT2D eigenvalue weighted by atomic mass is 9.73. The van der Waals surface area contributed by atoms with E-state index in [0.717, 1.165) is 32.4 Å². The second-order valence-electron chi connectivity index (χ2n) is 5.80. The van der Waals surface area contributed by atoms with Gasteiger partial charge in [0.05, 0.1) is 0 Å². The number of hydrogen-bond acceptors (Lipinski definition) is 2. The highest BCUT2D eigenvalue weighted by Crippen LogP contribution is 2.38. The zero-order chi connectivity index (χ0) is 11.8. The van der Waals surface area contributed by atoms with E-state index in [4.69, 9.17) is 0 Å². The Kier molecular flexibility index (Phi) is 2.95. The van der Waals surface area contributed by atoms with Crippen LogP contribution in [0.3, 0.4) is 0 Å². The fraction of sp³-hybridized carbons (Fsp3) is 0.786. The van der Waals surface area contributed by atoms with E-state index >= 15 is 0 Å². The SMILES string of the molecule is C=CCC1NCC2CC1CN1C(=O)CCCC21. The van der Waals surface area contributed by atoms with Gasteiger partial charge in [0.25, 0.3) is 0 Å². The average Bonchev–Trinajstić information content (AvgIpc) is 2.34. The average molecular weight is 234 g/mol. The van der Waals surface area contributed by atoms with E-state index < -0.39 is 0 Å². The molecule has 17 heavy (non-hydrogen) atoms. The molecule has 1 N–H and O–H groups in total. The van der Waals surface area contributed by atoms with Crippen molar-refractivity contribution < 1.29 is 4.79 Å². The highest BCUT2D eigenvalue weighted by atomic mass is 16.2. The molecule has 0 radical (unpaired) electrons. The van der Waals surface area contributed by atoms with Gasteiger partial charge in [-0.15, -0.1) is 6.58 Å². The van der Waals surface area contributed by atoms with Crippen LogP contribution in [0.1, 0.15) is 32.1 Å². The van der Waals surface area contributed by atoms with Crippen LogP contribution in [0.2, 0.25) is 0 Å². The standard InChI is InChI=1S/C14H22N2O/c1-2-4-12-11-7-10(8-15-12)13-5-3-6-14(17)16(13)9-11/h2,10-13,15H,1,3-9H2. The Morgan fingerprint density at radius 1 is 1.47 bits per heavy atom. The van der Waals surface area contributed by atoms with E-state index in [1.807, 2.05) is 6.08 Å². The van der Waals surface area contributed by atoms with Gasteiger partial charge in [-0.3, -0.25) is 4.79 Å². The van der Waals surface area contributed by atoms with Crippen molar-refractivity contribution in [2.24, 2.45) is 11.8 Å². The molecule has 0 aromatic carbocycles. The summed E-state index contributed by atoms with van der Waals surface area (Å²) < 4.78 is 0. The summed E-state index contributed by atoms with van der Waals surface area (Å²) in [5.74, 6) is 1.74. The molecule has 4 unspecified atom stereocenters. The number of nitrogens with zero attached hydrogens (tertiary/aromatic N) is 1. The smallest absolute Gasteiger partial charge is 0.222 e. The third kappa shape index (κ3) is 1.90. The van der Waals surface area contributed by atoms with Crippen LogP contribution in [0.25, 0.3) is 0 Å². The zero-order valence-electron chi connectivity index (χ0n) is 10.4. The molecule has 4 atom stereocenters. The Morgan fingerprint density at radius 2 is 2.35 bits per heavy atom. The number of piperidine rings is 3. The summed E-state index contributed by atoms with van der Waals surface area (Å²) in [5, 5.41) is 3.66. The Balaban J connectivity index is 1.77. The van der Waals surface area contributed by atoms with Crippen LogP contribution in [0.5, 0.6) is 0 Å². The summed E-state index contributed by atoms with van der Waals surface area (Å²) in [5.41, 5.74) is 0. The zero-order valence-corrected chi connectivity index (χ0v) is 10.4. The Morgan fingerprint density at radius 3 is 3.18 bits per heavy atom. The normalized spacial score (nSPS) is 40.9. The lowest BCUT2D eigenvalue weighted by Crippen LogP contribution is -2.62. The lowest BCUT2D eigenvalue weighted by molar-refractivity contribution is -0.143. The number of carbonyl (C=O) groups is 1. The van der Waals surface area contributed by atoms with Gasteiger partial charge in [-0.05, 0) is 37.5 Å². The van der Waals surface area contributed by atoms with Crippen molar-refractivity contribution in [1.29, 1.82) is 0 Å².